The molecule has 1 heterocycles. The average Bonchev–Trinajstić information content (AvgIpc) is 3.44. The first-order valence-corrected chi connectivity index (χ1v) is 10.3. The monoisotopic (exact) mass is 424 g/mol. The number of carboxylic acids is 1. The Hall–Kier alpha value is -4.19. The maximum atomic E-state index is 12.6. The number of carbonyl (C=O) groups excluding carboxylic acids is 1. The van der Waals surface area contributed by atoms with E-state index in [9.17, 15) is 14.7 Å². The van der Waals surface area contributed by atoms with E-state index in [0.717, 1.165) is 11.1 Å². The third-order valence-electron chi connectivity index (χ3n) is 5.76. The molecule has 0 bridgehead atoms. The highest BCUT2D eigenvalue weighted by Crippen LogP contribution is 2.44. The quantitative estimate of drug-likeness (QED) is 0.462. The third-order valence-corrected chi connectivity index (χ3v) is 5.76. The summed E-state index contributed by atoms with van der Waals surface area (Å²) >= 11 is 0. The molecular formula is C26H20N2O4. The summed E-state index contributed by atoms with van der Waals surface area (Å²) in [6.45, 7) is 0.240. The van der Waals surface area contributed by atoms with Crippen molar-refractivity contribution in [1.29, 1.82) is 0 Å². The van der Waals surface area contributed by atoms with E-state index in [-0.39, 0.29) is 24.5 Å². The van der Waals surface area contributed by atoms with Crippen LogP contribution in [0.3, 0.4) is 0 Å². The summed E-state index contributed by atoms with van der Waals surface area (Å²) in [5, 5.41) is 13.7. The molecule has 0 spiro atoms. The number of nitrogens with zero attached hydrogens (tertiary/aromatic N) is 2. The Labute approximate surface area is 184 Å². The normalized spacial score (nSPS) is 12.2. The van der Waals surface area contributed by atoms with Gasteiger partial charge < -0.3 is 9.84 Å². The van der Waals surface area contributed by atoms with E-state index < -0.39 is 11.9 Å². The van der Waals surface area contributed by atoms with Crippen LogP contribution < -0.4 is 0 Å². The largest absolute Gasteiger partial charge is 0.478 e. The molecule has 1 N–H and O–H groups in total. The number of rotatable bonds is 6. The number of carboxylic acid groups (broad SMARTS) is 1. The zero-order valence-electron chi connectivity index (χ0n) is 17.1. The topological polar surface area (TPSA) is 81.4 Å². The Kier molecular flexibility index (Phi) is 5.03. The van der Waals surface area contributed by atoms with E-state index in [1.165, 1.54) is 21.9 Å². The number of carbonyl (C=O) groups is 2. The predicted molar refractivity (Wildman–Crippen MR) is 119 cm³/mol. The van der Waals surface area contributed by atoms with Gasteiger partial charge in [-0.15, -0.1) is 0 Å². The maximum Gasteiger partial charge on any atom is 0.337 e. The number of ether oxygens (including phenoxy) is 1. The van der Waals surface area contributed by atoms with E-state index in [1.54, 1.807) is 30.6 Å². The molecule has 0 radical (unpaired) electrons. The van der Waals surface area contributed by atoms with Crippen molar-refractivity contribution in [2.45, 2.75) is 12.3 Å². The van der Waals surface area contributed by atoms with Crippen molar-refractivity contribution < 1.29 is 19.4 Å². The molecule has 1 aromatic heterocycles. The predicted octanol–water partition coefficient (Wildman–Crippen LogP) is 4.47. The van der Waals surface area contributed by atoms with Crippen molar-refractivity contribution in [1.82, 2.24) is 9.78 Å². The lowest BCUT2D eigenvalue weighted by Crippen LogP contribution is -2.15. The molecule has 1 aliphatic rings. The highest BCUT2D eigenvalue weighted by molar-refractivity contribution is 5.92. The molecule has 0 amide bonds. The highest BCUT2D eigenvalue weighted by Gasteiger charge is 2.29. The molecule has 5 rings (SSSR count). The van der Waals surface area contributed by atoms with E-state index in [0.29, 0.717) is 11.3 Å². The van der Waals surface area contributed by atoms with Crippen molar-refractivity contribution in [2.75, 3.05) is 6.61 Å². The van der Waals surface area contributed by atoms with Gasteiger partial charge in [0.1, 0.15) is 6.61 Å². The van der Waals surface area contributed by atoms with Gasteiger partial charge in [-0.3, -0.25) is 4.79 Å². The molecule has 0 saturated carbocycles. The summed E-state index contributed by atoms with van der Waals surface area (Å²) in [4.78, 5) is 24.3. The molecular weight excluding hydrogens is 404 g/mol. The van der Waals surface area contributed by atoms with Crippen molar-refractivity contribution in [3.8, 4) is 16.8 Å². The standard InChI is InChI=1S/C26H20N2O4/c29-25(15-17-10-11-24(22(14-17)26(30)31)28-13-5-12-27-28)32-16-23-20-8-3-1-6-18(20)19-7-2-4-9-21(19)23/h1-14,23H,15-16H2,(H,30,31). The van der Waals surface area contributed by atoms with Crippen LogP contribution in [0, 0.1) is 0 Å². The number of esters is 1. The van der Waals surface area contributed by atoms with Crippen molar-refractivity contribution in [3.63, 3.8) is 0 Å². The third kappa shape index (κ3) is 3.56. The van der Waals surface area contributed by atoms with Crippen LogP contribution in [0.4, 0.5) is 0 Å². The summed E-state index contributed by atoms with van der Waals surface area (Å²) in [7, 11) is 0. The second-order valence-corrected chi connectivity index (χ2v) is 7.69. The van der Waals surface area contributed by atoms with E-state index in [1.807, 2.05) is 24.3 Å². The molecule has 0 saturated heterocycles. The van der Waals surface area contributed by atoms with Crippen molar-refractivity contribution in [3.05, 3.63) is 107 Å². The minimum atomic E-state index is -1.08. The van der Waals surface area contributed by atoms with Crippen molar-refractivity contribution >= 4 is 11.9 Å². The lowest BCUT2D eigenvalue weighted by atomic mass is 9.98. The average molecular weight is 424 g/mol. The Balaban J connectivity index is 1.32. The SMILES string of the molecule is O=C(Cc1ccc(-n2cccn2)c(C(=O)O)c1)OCC1c2ccccc2-c2ccccc21. The van der Waals surface area contributed by atoms with Gasteiger partial charge in [0.2, 0.25) is 0 Å². The molecule has 0 unspecified atom stereocenters. The minimum absolute atomic E-state index is 0.00428. The molecule has 32 heavy (non-hydrogen) atoms. The van der Waals surface area contributed by atoms with E-state index in [2.05, 4.69) is 29.4 Å². The summed E-state index contributed by atoms with van der Waals surface area (Å²) < 4.78 is 7.13. The van der Waals surface area contributed by atoms with Gasteiger partial charge >= 0.3 is 11.9 Å². The van der Waals surface area contributed by atoms with Crippen LogP contribution in [0.5, 0.6) is 0 Å². The van der Waals surface area contributed by atoms with Crippen LogP contribution in [0.1, 0.15) is 33.0 Å². The summed E-state index contributed by atoms with van der Waals surface area (Å²) in [6.07, 6.45) is 3.25. The lowest BCUT2D eigenvalue weighted by molar-refractivity contribution is -0.143. The lowest BCUT2D eigenvalue weighted by Gasteiger charge is -2.14. The Bertz CT molecular complexity index is 1270. The Morgan fingerprint density at radius 2 is 1.62 bits per heavy atom. The first kappa shape index (κ1) is 19.8. The fourth-order valence-corrected chi connectivity index (χ4v) is 4.31. The van der Waals surface area contributed by atoms with Crippen LogP contribution in [0.2, 0.25) is 0 Å². The summed E-state index contributed by atoms with van der Waals surface area (Å²) in [6, 6.07) is 22.9. The Morgan fingerprint density at radius 1 is 0.938 bits per heavy atom. The maximum absolute atomic E-state index is 12.6. The fraction of sp³-hybridized carbons (Fsp3) is 0.115. The first-order valence-electron chi connectivity index (χ1n) is 10.3. The van der Waals surface area contributed by atoms with Gasteiger partial charge in [0.05, 0.1) is 17.7 Å². The number of hydrogen-bond acceptors (Lipinski definition) is 4. The van der Waals surface area contributed by atoms with Crippen LogP contribution >= 0.6 is 0 Å². The number of benzene rings is 3. The fourth-order valence-electron chi connectivity index (χ4n) is 4.31. The van der Waals surface area contributed by atoms with Gasteiger partial charge in [0.15, 0.2) is 0 Å². The molecule has 6 heteroatoms. The zero-order chi connectivity index (χ0) is 22.1. The van der Waals surface area contributed by atoms with Crippen LogP contribution in [-0.2, 0) is 16.0 Å². The molecule has 3 aromatic carbocycles. The minimum Gasteiger partial charge on any atom is -0.478 e. The number of fused-ring (bicyclic) bond motifs is 3. The van der Waals surface area contributed by atoms with Gasteiger partial charge in [0.25, 0.3) is 0 Å². The van der Waals surface area contributed by atoms with Gasteiger partial charge in [-0.1, -0.05) is 54.6 Å². The van der Waals surface area contributed by atoms with Crippen LogP contribution in [-0.4, -0.2) is 33.4 Å². The number of aromatic carboxylic acids is 1. The second-order valence-electron chi connectivity index (χ2n) is 7.69. The van der Waals surface area contributed by atoms with Gasteiger partial charge in [0, 0.05) is 18.3 Å². The smallest absolute Gasteiger partial charge is 0.337 e. The molecule has 0 aliphatic heterocycles. The summed E-state index contributed by atoms with van der Waals surface area (Å²) in [5.74, 6) is -1.48. The molecule has 0 atom stereocenters. The van der Waals surface area contributed by atoms with E-state index >= 15 is 0 Å². The Morgan fingerprint density at radius 3 is 2.25 bits per heavy atom. The molecule has 0 fully saturated rings. The first-order chi connectivity index (χ1) is 15.6. The second kappa shape index (κ2) is 8.15. The van der Waals surface area contributed by atoms with Gasteiger partial charge in [-0.05, 0) is 46.0 Å². The van der Waals surface area contributed by atoms with E-state index in [4.69, 9.17) is 4.74 Å². The van der Waals surface area contributed by atoms with Crippen LogP contribution in [0.25, 0.3) is 16.8 Å². The molecule has 6 nitrogen and oxygen atoms in total. The summed E-state index contributed by atoms with van der Waals surface area (Å²) in [5.41, 5.74) is 5.75. The number of aromatic nitrogens is 2. The number of hydrogen-bond donors (Lipinski definition) is 1. The van der Waals surface area contributed by atoms with Gasteiger partial charge in [-0.25, -0.2) is 9.48 Å². The molecule has 158 valence electrons. The molecule has 4 aromatic rings. The zero-order valence-corrected chi connectivity index (χ0v) is 17.1. The molecule has 1 aliphatic carbocycles. The van der Waals surface area contributed by atoms with Crippen molar-refractivity contribution in [2.24, 2.45) is 0 Å². The van der Waals surface area contributed by atoms with Crippen LogP contribution in [0.15, 0.2) is 85.2 Å². The van der Waals surface area contributed by atoms with Gasteiger partial charge in [-0.2, -0.15) is 5.10 Å². The highest BCUT2D eigenvalue weighted by atomic mass is 16.5.